The maximum Gasteiger partial charge on any atom is 0.195 e. The Balaban J connectivity index is 2.16. The number of fused-ring (bicyclic) bond motifs is 1. The highest BCUT2D eigenvalue weighted by molar-refractivity contribution is 6.36. The Labute approximate surface area is 126 Å². The number of carbonyl (C=O) groups excluding carboxylic acids is 1. The summed E-state index contributed by atoms with van der Waals surface area (Å²) in [5.74, 6) is -0.0346. The summed E-state index contributed by atoms with van der Waals surface area (Å²) in [7, 11) is 0. The predicted molar refractivity (Wildman–Crippen MR) is 82.9 cm³/mol. The summed E-state index contributed by atoms with van der Waals surface area (Å²) in [4.78, 5) is 15.7. The summed E-state index contributed by atoms with van der Waals surface area (Å²) in [5, 5.41) is 2.06. The number of halogens is 2. The number of para-hydroxylation sites is 1. The first-order chi connectivity index (χ1) is 9.58. The predicted octanol–water partition coefficient (Wildman–Crippen LogP) is 5.01. The average molecular weight is 304 g/mol. The van der Waals surface area contributed by atoms with Crippen molar-refractivity contribution in [2.45, 2.75) is 6.92 Å². The van der Waals surface area contributed by atoms with E-state index >= 15 is 0 Å². The third-order valence-electron chi connectivity index (χ3n) is 3.34. The minimum atomic E-state index is -0.0346. The van der Waals surface area contributed by atoms with Crippen LogP contribution >= 0.6 is 23.2 Å². The number of nitrogens with one attached hydrogen (secondary N) is 1. The molecular weight excluding hydrogens is 293 g/mol. The van der Waals surface area contributed by atoms with Gasteiger partial charge >= 0.3 is 0 Å². The zero-order valence-corrected chi connectivity index (χ0v) is 12.2. The van der Waals surface area contributed by atoms with Crippen molar-refractivity contribution in [2.75, 3.05) is 0 Å². The van der Waals surface area contributed by atoms with Crippen LogP contribution in [-0.2, 0) is 0 Å². The number of H-pyrrole nitrogens is 1. The van der Waals surface area contributed by atoms with Gasteiger partial charge in [0.05, 0.1) is 10.5 Å². The molecule has 100 valence electrons. The molecule has 0 fully saturated rings. The molecule has 0 unspecified atom stereocenters. The van der Waals surface area contributed by atoms with E-state index in [0.717, 1.165) is 16.5 Å². The van der Waals surface area contributed by atoms with Crippen LogP contribution in [0.4, 0.5) is 0 Å². The van der Waals surface area contributed by atoms with Crippen molar-refractivity contribution in [3.05, 3.63) is 69.3 Å². The van der Waals surface area contributed by atoms with Crippen LogP contribution in [-0.4, -0.2) is 10.8 Å². The molecule has 0 aliphatic carbocycles. The number of ketones is 1. The van der Waals surface area contributed by atoms with Gasteiger partial charge in [-0.25, -0.2) is 0 Å². The molecule has 0 saturated heterocycles. The number of carbonyl (C=O) groups is 1. The Hall–Kier alpha value is -1.77. The van der Waals surface area contributed by atoms with Gasteiger partial charge in [0.2, 0.25) is 0 Å². The maximum absolute atomic E-state index is 12.7. The molecule has 1 aromatic heterocycles. The van der Waals surface area contributed by atoms with Crippen LogP contribution in [0.1, 0.15) is 21.5 Å². The number of aromatic nitrogens is 1. The van der Waals surface area contributed by atoms with Crippen molar-refractivity contribution in [1.82, 2.24) is 4.98 Å². The van der Waals surface area contributed by atoms with Gasteiger partial charge in [-0.05, 0) is 36.8 Å². The second-order valence-electron chi connectivity index (χ2n) is 4.65. The molecule has 1 heterocycles. The van der Waals surface area contributed by atoms with Gasteiger partial charge in [0.25, 0.3) is 0 Å². The minimum absolute atomic E-state index is 0.0346. The first kappa shape index (κ1) is 13.2. The van der Waals surface area contributed by atoms with Crippen LogP contribution in [0, 0.1) is 6.92 Å². The average Bonchev–Trinajstić information content (AvgIpc) is 2.83. The number of rotatable bonds is 2. The fourth-order valence-electron chi connectivity index (χ4n) is 2.33. The van der Waals surface area contributed by atoms with E-state index in [9.17, 15) is 4.79 Å². The number of benzene rings is 2. The van der Waals surface area contributed by atoms with E-state index in [1.54, 1.807) is 30.5 Å². The van der Waals surface area contributed by atoms with Crippen molar-refractivity contribution < 1.29 is 4.79 Å². The zero-order valence-electron chi connectivity index (χ0n) is 10.7. The Morgan fingerprint density at radius 1 is 1.10 bits per heavy atom. The third kappa shape index (κ3) is 2.11. The summed E-state index contributed by atoms with van der Waals surface area (Å²) >= 11 is 12.0. The van der Waals surface area contributed by atoms with Gasteiger partial charge in [0, 0.05) is 27.7 Å². The zero-order chi connectivity index (χ0) is 14.3. The van der Waals surface area contributed by atoms with Gasteiger partial charge in [-0.3, -0.25) is 4.79 Å². The van der Waals surface area contributed by atoms with E-state index in [1.165, 1.54) is 0 Å². The van der Waals surface area contributed by atoms with Crippen LogP contribution < -0.4 is 0 Å². The van der Waals surface area contributed by atoms with Crippen LogP contribution in [0.5, 0.6) is 0 Å². The SMILES string of the molecule is Cc1cc(Cl)ccc1C(=O)c1c[nH]c2c(Cl)cccc12. The second-order valence-corrected chi connectivity index (χ2v) is 5.50. The minimum Gasteiger partial charge on any atom is -0.359 e. The van der Waals surface area contributed by atoms with Crippen molar-refractivity contribution >= 4 is 39.9 Å². The molecule has 3 aromatic rings. The fraction of sp³-hybridized carbons (Fsp3) is 0.0625. The lowest BCUT2D eigenvalue weighted by atomic mass is 9.99. The Morgan fingerprint density at radius 2 is 1.90 bits per heavy atom. The van der Waals surface area contributed by atoms with Crippen molar-refractivity contribution in [3.63, 3.8) is 0 Å². The van der Waals surface area contributed by atoms with Gasteiger partial charge in [-0.2, -0.15) is 0 Å². The maximum atomic E-state index is 12.7. The number of hydrogen-bond acceptors (Lipinski definition) is 1. The van der Waals surface area contributed by atoms with Gasteiger partial charge in [0.15, 0.2) is 5.78 Å². The smallest absolute Gasteiger partial charge is 0.195 e. The summed E-state index contributed by atoms with van der Waals surface area (Å²) in [6.07, 6.45) is 1.70. The van der Waals surface area contributed by atoms with Crippen LogP contribution in [0.2, 0.25) is 10.0 Å². The largest absolute Gasteiger partial charge is 0.359 e. The molecule has 0 radical (unpaired) electrons. The van der Waals surface area contributed by atoms with E-state index < -0.39 is 0 Å². The van der Waals surface area contributed by atoms with E-state index in [-0.39, 0.29) is 5.78 Å². The van der Waals surface area contributed by atoms with Gasteiger partial charge < -0.3 is 4.98 Å². The van der Waals surface area contributed by atoms with E-state index in [2.05, 4.69) is 4.98 Å². The lowest BCUT2D eigenvalue weighted by molar-refractivity contribution is 0.104. The molecule has 3 rings (SSSR count). The fourth-order valence-corrected chi connectivity index (χ4v) is 2.79. The van der Waals surface area contributed by atoms with Crippen LogP contribution in [0.15, 0.2) is 42.6 Å². The molecule has 0 saturated carbocycles. The molecular formula is C16H11Cl2NO. The topological polar surface area (TPSA) is 32.9 Å². The molecule has 0 spiro atoms. The number of aryl methyl sites for hydroxylation is 1. The Bertz CT molecular complexity index is 820. The monoisotopic (exact) mass is 303 g/mol. The summed E-state index contributed by atoms with van der Waals surface area (Å²) in [6.45, 7) is 1.88. The molecule has 1 N–H and O–H groups in total. The highest BCUT2D eigenvalue weighted by Gasteiger charge is 2.17. The molecule has 0 aliphatic heterocycles. The molecule has 4 heteroatoms. The summed E-state index contributed by atoms with van der Waals surface area (Å²) in [6, 6.07) is 10.8. The second kappa shape index (κ2) is 4.97. The Morgan fingerprint density at radius 3 is 2.65 bits per heavy atom. The molecule has 2 nitrogen and oxygen atoms in total. The van der Waals surface area contributed by atoms with E-state index in [1.807, 2.05) is 19.1 Å². The van der Waals surface area contributed by atoms with Gasteiger partial charge in [-0.1, -0.05) is 35.3 Å². The molecule has 20 heavy (non-hydrogen) atoms. The van der Waals surface area contributed by atoms with Crippen LogP contribution in [0.3, 0.4) is 0 Å². The first-order valence-electron chi connectivity index (χ1n) is 6.14. The van der Waals surface area contributed by atoms with Crippen LogP contribution in [0.25, 0.3) is 10.9 Å². The number of aromatic amines is 1. The molecule has 0 aliphatic rings. The van der Waals surface area contributed by atoms with E-state index in [0.29, 0.717) is 21.2 Å². The number of hydrogen-bond donors (Lipinski definition) is 1. The highest BCUT2D eigenvalue weighted by Crippen LogP contribution is 2.27. The lowest BCUT2D eigenvalue weighted by Crippen LogP contribution is -2.02. The van der Waals surface area contributed by atoms with Crippen molar-refractivity contribution in [2.24, 2.45) is 0 Å². The first-order valence-corrected chi connectivity index (χ1v) is 6.90. The van der Waals surface area contributed by atoms with Gasteiger partial charge in [0.1, 0.15) is 0 Å². The molecule has 0 bridgehead atoms. The summed E-state index contributed by atoms with van der Waals surface area (Å²) in [5.41, 5.74) is 2.91. The summed E-state index contributed by atoms with van der Waals surface area (Å²) < 4.78 is 0. The molecule has 0 amide bonds. The third-order valence-corrected chi connectivity index (χ3v) is 3.89. The van der Waals surface area contributed by atoms with Gasteiger partial charge in [-0.15, -0.1) is 0 Å². The molecule has 2 aromatic carbocycles. The lowest BCUT2D eigenvalue weighted by Gasteiger charge is -2.04. The normalized spacial score (nSPS) is 10.9. The standard InChI is InChI=1S/C16H11Cl2NO/c1-9-7-10(17)5-6-11(9)16(20)13-8-19-15-12(13)3-2-4-14(15)18/h2-8,19H,1H3. The highest BCUT2D eigenvalue weighted by atomic mass is 35.5. The van der Waals surface area contributed by atoms with E-state index in [4.69, 9.17) is 23.2 Å². The van der Waals surface area contributed by atoms with Crippen molar-refractivity contribution in [1.29, 1.82) is 0 Å². The Kier molecular flexibility index (Phi) is 3.28. The van der Waals surface area contributed by atoms with Crippen molar-refractivity contribution in [3.8, 4) is 0 Å². The molecule has 0 atom stereocenters. The quantitative estimate of drug-likeness (QED) is 0.663.